The van der Waals surface area contributed by atoms with E-state index >= 15 is 0 Å². The number of aliphatic hydroxyl groups excluding tert-OH is 1. The third kappa shape index (κ3) is 5.39. The molecular formula is C24H36N8O2. The van der Waals surface area contributed by atoms with E-state index in [1.165, 1.54) is 5.56 Å². The maximum absolute atomic E-state index is 9.47. The maximum Gasteiger partial charge on any atom is 0.222 e. The first-order valence-corrected chi connectivity index (χ1v) is 12.1. The largest absolute Gasteiger partial charge is 0.495 e. The minimum absolute atomic E-state index is 0.0809. The van der Waals surface area contributed by atoms with Crippen LogP contribution in [0.5, 0.6) is 5.75 Å². The molecule has 0 bridgehead atoms. The number of pyridine rings is 1. The average molecular weight is 469 g/mol. The summed E-state index contributed by atoms with van der Waals surface area (Å²) in [6.45, 7) is 4.84. The summed E-state index contributed by atoms with van der Waals surface area (Å²) in [6, 6.07) is 2.20. The summed E-state index contributed by atoms with van der Waals surface area (Å²) >= 11 is 0. The van der Waals surface area contributed by atoms with Gasteiger partial charge in [0.2, 0.25) is 5.95 Å². The highest BCUT2D eigenvalue weighted by atomic mass is 16.5. The van der Waals surface area contributed by atoms with Crippen LogP contribution < -0.4 is 15.8 Å². The van der Waals surface area contributed by atoms with Crippen molar-refractivity contribution in [1.29, 1.82) is 0 Å². The first-order chi connectivity index (χ1) is 16.5. The van der Waals surface area contributed by atoms with Crippen LogP contribution in [0.25, 0.3) is 11.0 Å². The molecule has 0 spiro atoms. The zero-order chi connectivity index (χ0) is 24.1. The lowest BCUT2D eigenvalue weighted by Crippen LogP contribution is -2.29. The molecule has 1 fully saturated rings. The normalized spacial score (nSPS) is 16.1. The Morgan fingerprint density at radius 3 is 2.74 bits per heavy atom. The Bertz CT molecular complexity index is 1090. The van der Waals surface area contributed by atoms with E-state index in [0.717, 1.165) is 55.7 Å². The number of nitrogens with two attached hydrogens (primary N) is 1. The lowest BCUT2D eigenvalue weighted by molar-refractivity contribution is 0.255. The molecule has 0 saturated carbocycles. The fourth-order valence-corrected chi connectivity index (χ4v) is 4.71. The Morgan fingerprint density at radius 2 is 2.03 bits per heavy atom. The number of aliphatic hydroxyl groups is 1. The van der Waals surface area contributed by atoms with Gasteiger partial charge in [-0.25, -0.2) is 4.98 Å². The molecule has 0 aliphatic carbocycles. The SMILES string of the molecule is CCCC(CCO)Nc1nc(N)nc2cnn(Cc3ncc(C4CCN(C)CC4)cc3OC)c12. The molecule has 4 rings (SSSR count). The van der Waals surface area contributed by atoms with E-state index in [1.807, 2.05) is 10.9 Å². The second-order valence-corrected chi connectivity index (χ2v) is 9.10. The van der Waals surface area contributed by atoms with Crippen molar-refractivity contribution in [3.05, 3.63) is 29.7 Å². The first kappa shape index (κ1) is 24.2. The maximum atomic E-state index is 9.47. The molecule has 1 saturated heterocycles. The van der Waals surface area contributed by atoms with E-state index in [-0.39, 0.29) is 18.6 Å². The van der Waals surface area contributed by atoms with Gasteiger partial charge in [0.15, 0.2) is 5.82 Å². The smallest absolute Gasteiger partial charge is 0.222 e. The lowest BCUT2D eigenvalue weighted by atomic mass is 9.90. The van der Waals surface area contributed by atoms with Crippen LogP contribution in [0, 0.1) is 0 Å². The number of aromatic nitrogens is 5. The standard InChI is InChI=1S/C24H36N8O2/c1-4-5-18(8-11-33)28-23-22-19(29-24(25)30-23)14-27-32(22)15-20-21(34-3)12-17(13-26-20)16-6-9-31(2)10-7-16/h12-14,16,18,33H,4-11,15H2,1-3H3,(H3,25,28,29,30). The number of piperidine rings is 1. The molecule has 4 N–H and O–H groups in total. The zero-order valence-electron chi connectivity index (χ0n) is 20.4. The van der Waals surface area contributed by atoms with Gasteiger partial charge in [-0.15, -0.1) is 0 Å². The van der Waals surface area contributed by atoms with Gasteiger partial charge in [-0.3, -0.25) is 9.67 Å². The van der Waals surface area contributed by atoms with Gasteiger partial charge in [-0.1, -0.05) is 13.3 Å². The van der Waals surface area contributed by atoms with Crippen molar-refractivity contribution < 1.29 is 9.84 Å². The van der Waals surface area contributed by atoms with E-state index in [2.05, 4.69) is 45.3 Å². The number of methoxy groups -OCH3 is 1. The monoisotopic (exact) mass is 468 g/mol. The third-order valence-corrected chi connectivity index (χ3v) is 6.62. The molecule has 0 amide bonds. The molecular weight excluding hydrogens is 432 g/mol. The number of nitrogen functional groups attached to an aromatic ring is 1. The second-order valence-electron chi connectivity index (χ2n) is 9.10. The summed E-state index contributed by atoms with van der Waals surface area (Å²) in [5, 5.41) is 17.5. The number of ether oxygens (including phenoxy) is 1. The molecule has 1 unspecified atom stereocenters. The third-order valence-electron chi connectivity index (χ3n) is 6.62. The Morgan fingerprint density at radius 1 is 1.24 bits per heavy atom. The van der Waals surface area contributed by atoms with E-state index in [4.69, 9.17) is 15.5 Å². The minimum Gasteiger partial charge on any atom is -0.495 e. The first-order valence-electron chi connectivity index (χ1n) is 12.1. The van der Waals surface area contributed by atoms with Gasteiger partial charge in [0.25, 0.3) is 0 Å². The van der Waals surface area contributed by atoms with Crippen LogP contribution in [0.4, 0.5) is 11.8 Å². The molecule has 0 aromatic carbocycles. The lowest BCUT2D eigenvalue weighted by Gasteiger charge is -2.29. The van der Waals surface area contributed by atoms with Gasteiger partial charge in [0, 0.05) is 18.8 Å². The zero-order valence-corrected chi connectivity index (χ0v) is 20.4. The fourth-order valence-electron chi connectivity index (χ4n) is 4.71. The Labute approximate surface area is 200 Å². The van der Waals surface area contributed by atoms with Crippen LogP contribution in [0.15, 0.2) is 18.5 Å². The van der Waals surface area contributed by atoms with Crippen LogP contribution in [-0.2, 0) is 6.54 Å². The van der Waals surface area contributed by atoms with Crippen molar-refractivity contribution in [2.24, 2.45) is 0 Å². The number of rotatable bonds is 10. The molecule has 3 aromatic rings. The number of fused-ring (bicyclic) bond motifs is 1. The van der Waals surface area contributed by atoms with Crippen LogP contribution >= 0.6 is 0 Å². The highest BCUT2D eigenvalue weighted by Gasteiger charge is 2.21. The molecule has 184 valence electrons. The fraction of sp³-hybridized carbons (Fsp3) is 0.583. The van der Waals surface area contributed by atoms with Gasteiger partial charge in [-0.05, 0) is 63.4 Å². The molecule has 1 aliphatic rings. The van der Waals surface area contributed by atoms with Crippen molar-refractivity contribution in [3.63, 3.8) is 0 Å². The van der Waals surface area contributed by atoms with E-state index in [1.54, 1.807) is 13.3 Å². The Balaban J connectivity index is 1.63. The van der Waals surface area contributed by atoms with Crippen LogP contribution in [0.3, 0.4) is 0 Å². The molecule has 1 aliphatic heterocycles. The molecule has 10 nitrogen and oxygen atoms in total. The summed E-state index contributed by atoms with van der Waals surface area (Å²) < 4.78 is 7.56. The van der Waals surface area contributed by atoms with Crippen molar-refractivity contribution in [1.82, 2.24) is 29.6 Å². The van der Waals surface area contributed by atoms with Crippen molar-refractivity contribution in [2.75, 3.05) is 44.9 Å². The highest BCUT2D eigenvalue weighted by Crippen LogP contribution is 2.31. The Hall–Kier alpha value is -2.98. The summed E-state index contributed by atoms with van der Waals surface area (Å²) in [7, 11) is 3.85. The summed E-state index contributed by atoms with van der Waals surface area (Å²) in [5.74, 6) is 2.07. The van der Waals surface area contributed by atoms with Crippen molar-refractivity contribution in [2.45, 2.75) is 57.5 Å². The summed E-state index contributed by atoms with van der Waals surface area (Å²) in [6.07, 6.45) is 8.46. The number of anilines is 2. The highest BCUT2D eigenvalue weighted by molar-refractivity contribution is 5.86. The predicted octanol–water partition coefficient (Wildman–Crippen LogP) is 2.63. The van der Waals surface area contributed by atoms with E-state index < -0.39 is 0 Å². The van der Waals surface area contributed by atoms with Crippen molar-refractivity contribution in [3.8, 4) is 5.75 Å². The van der Waals surface area contributed by atoms with Crippen molar-refractivity contribution >= 4 is 22.8 Å². The second kappa shape index (κ2) is 11.0. The number of hydrogen-bond donors (Lipinski definition) is 3. The van der Waals surface area contributed by atoms with Gasteiger partial charge >= 0.3 is 0 Å². The van der Waals surface area contributed by atoms with Crippen LogP contribution in [0.2, 0.25) is 0 Å². The van der Waals surface area contributed by atoms with Crippen LogP contribution in [-0.4, -0.2) is 74.6 Å². The number of hydrogen-bond acceptors (Lipinski definition) is 9. The van der Waals surface area contributed by atoms with Crippen LogP contribution in [0.1, 0.15) is 56.2 Å². The number of nitrogens with one attached hydrogen (secondary N) is 1. The molecule has 34 heavy (non-hydrogen) atoms. The summed E-state index contributed by atoms with van der Waals surface area (Å²) in [5.41, 5.74) is 9.42. The number of nitrogens with zero attached hydrogens (tertiary/aromatic N) is 6. The Kier molecular flexibility index (Phi) is 7.79. The molecule has 3 aromatic heterocycles. The van der Waals surface area contributed by atoms with E-state index in [0.29, 0.717) is 30.2 Å². The predicted molar refractivity (Wildman–Crippen MR) is 133 cm³/mol. The van der Waals surface area contributed by atoms with E-state index in [9.17, 15) is 5.11 Å². The minimum atomic E-state index is 0.0809. The molecule has 10 heteroatoms. The average Bonchev–Trinajstić information content (AvgIpc) is 3.22. The van der Waals surface area contributed by atoms with Gasteiger partial charge in [0.1, 0.15) is 22.5 Å². The topological polar surface area (TPSA) is 127 Å². The van der Waals surface area contributed by atoms with Gasteiger partial charge in [-0.2, -0.15) is 10.1 Å². The van der Waals surface area contributed by atoms with Gasteiger partial charge < -0.3 is 25.8 Å². The van der Waals surface area contributed by atoms with Gasteiger partial charge in [0.05, 0.1) is 19.9 Å². The summed E-state index contributed by atoms with van der Waals surface area (Å²) in [4.78, 5) is 16.0. The molecule has 0 radical (unpaired) electrons. The molecule has 1 atom stereocenters. The number of likely N-dealkylation sites (tertiary alicyclic amines) is 1. The quantitative estimate of drug-likeness (QED) is 0.411. The molecule has 4 heterocycles.